The number of hydrogen-bond acceptors (Lipinski definition) is 2. The summed E-state index contributed by atoms with van der Waals surface area (Å²) >= 11 is 9.46. The molecule has 0 unspecified atom stereocenters. The van der Waals surface area contributed by atoms with Crippen LogP contribution in [0.4, 0.5) is 0 Å². The third-order valence-corrected chi connectivity index (χ3v) is 3.37. The van der Waals surface area contributed by atoms with Gasteiger partial charge in [-0.25, -0.2) is 0 Å². The van der Waals surface area contributed by atoms with Gasteiger partial charge in [0.2, 0.25) is 0 Å². The summed E-state index contributed by atoms with van der Waals surface area (Å²) in [6, 6.07) is 12.9. The zero-order chi connectivity index (χ0) is 13.8. The van der Waals surface area contributed by atoms with Crippen molar-refractivity contribution in [2.45, 2.75) is 6.61 Å². The lowest BCUT2D eigenvalue weighted by molar-refractivity contribution is 0.306. The van der Waals surface area contributed by atoms with E-state index in [4.69, 9.17) is 27.5 Å². The fourth-order valence-electron chi connectivity index (χ4n) is 1.53. The number of nitrogen functional groups attached to an aromatic ring is 1. The van der Waals surface area contributed by atoms with Crippen LogP contribution in [0.2, 0.25) is 5.02 Å². The topological polar surface area (TPSA) is 59.1 Å². The summed E-state index contributed by atoms with van der Waals surface area (Å²) in [6.45, 7) is 0.437. The molecule has 2 aromatic rings. The average molecular weight is 340 g/mol. The lowest BCUT2D eigenvalue weighted by Crippen LogP contribution is -2.10. The second kappa shape index (κ2) is 6.08. The molecule has 2 rings (SSSR count). The van der Waals surface area contributed by atoms with E-state index in [0.29, 0.717) is 22.9 Å². The predicted molar refractivity (Wildman–Crippen MR) is 80.9 cm³/mol. The minimum Gasteiger partial charge on any atom is -0.487 e. The zero-order valence-electron chi connectivity index (χ0n) is 9.99. The highest BCUT2D eigenvalue weighted by Gasteiger charge is 2.05. The molecular formula is C14H12BrClN2O. The Morgan fingerprint density at radius 3 is 2.47 bits per heavy atom. The van der Waals surface area contributed by atoms with E-state index in [1.54, 1.807) is 18.2 Å². The van der Waals surface area contributed by atoms with Gasteiger partial charge in [-0.2, -0.15) is 0 Å². The zero-order valence-corrected chi connectivity index (χ0v) is 12.3. The van der Waals surface area contributed by atoms with Crippen molar-refractivity contribution in [1.82, 2.24) is 0 Å². The van der Waals surface area contributed by atoms with E-state index in [1.165, 1.54) is 0 Å². The molecule has 0 fully saturated rings. The summed E-state index contributed by atoms with van der Waals surface area (Å²) in [6.07, 6.45) is 0. The van der Waals surface area contributed by atoms with Crippen LogP contribution in [-0.2, 0) is 6.61 Å². The molecule has 0 aromatic heterocycles. The quantitative estimate of drug-likeness (QED) is 0.654. The fraction of sp³-hybridized carbons (Fsp3) is 0.0714. The Labute approximate surface area is 125 Å². The van der Waals surface area contributed by atoms with Gasteiger partial charge >= 0.3 is 0 Å². The molecule has 0 aliphatic rings. The van der Waals surface area contributed by atoms with Gasteiger partial charge in [-0.15, -0.1) is 0 Å². The highest BCUT2D eigenvalue weighted by atomic mass is 79.9. The van der Waals surface area contributed by atoms with E-state index < -0.39 is 0 Å². The molecule has 0 aliphatic carbocycles. The molecule has 0 bridgehead atoms. The lowest BCUT2D eigenvalue weighted by atomic mass is 10.2. The number of hydrogen-bond donors (Lipinski definition) is 2. The molecule has 0 amide bonds. The fourth-order valence-corrected chi connectivity index (χ4v) is 2.03. The first-order chi connectivity index (χ1) is 9.06. The first-order valence-corrected chi connectivity index (χ1v) is 6.74. The number of nitrogens with two attached hydrogens (primary N) is 1. The van der Waals surface area contributed by atoms with Crippen LogP contribution < -0.4 is 10.5 Å². The molecule has 5 heteroatoms. The SMILES string of the molecule is N=C(N)c1ccc(OCc2ccc(Br)cc2)c(Cl)c1. The number of amidine groups is 1. The molecule has 3 N–H and O–H groups in total. The van der Waals surface area contributed by atoms with Crippen molar-refractivity contribution in [3.63, 3.8) is 0 Å². The van der Waals surface area contributed by atoms with E-state index in [-0.39, 0.29) is 5.84 Å². The maximum atomic E-state index is 7.33. The molecule has 0 heterocycles. The molecule has 0 aliphatic heterocycles. The number of halogens is 2. The van der Waals surface area contributed by atoms with Crippen LogP contribution >= 0.6 is 27.5 Å². The van der Waals surface area contributed by atoms with E-state index in [0.717, 1.165) is 10.0 Å². The van der Waals surface area contributed by atoms with E-state index >= 15 is 0 Å². The third kappa shape index (κ3) is 3.72. The first kappa shape index (κ1) is 13.9. The predicted octanol–water partition coefficient (Wildman–Crippen LogP) is 3.97. The first-order valence-electron chi connectivity index (χ1n) is 5.57. The van der Waals surface area contributed by atoms with Crippen molar-refractivity contribution in [3.05, 3.63) is 63.1 Å². The minimum absolute atomic E-state index is 0.0126. The number of rotatable bonds is 4. The van der Waals surface area contributed by atoms with Crippen molar-refractivity contribution in [3.8, 4) is 5.75 Å². The van der Waals surface area contributed by atoms with Crippen LogP contribution in [0.15, 0.2) is 46.9 Å². The Morgan fingerprint density at radius 2 is 1.89 bits per heavy atom. The van der Waals surface area contributed by atoms with Gasteiger partial charge in [0.05, 0.1) is 5.02 Å². The van der Waals surface area contributed by atoms with Crippen LogP contribution in [-0.4, -0.2) is 5.84 Å². The second-order valence-electron chi connectivity index (χ2n) is 3.97. The Kier molecular flexibility index (Phi) is 4.45. The Balaban J connectivity index is 2.07. The molecule has 0 radical (unpaired) electrons. The summed E-state index contributed by atoms with van der Waals surface area (Å²) < 4.78 is 6.67. The van der Waals surface area contributed by atoms with Gasteiger partial charge in [0.25, 0.3) is 0 Å². The van der Waals surface area contributed by atoms with Crippen molar-refractivity contribution in [2.75, 3.05) is 0 Å². The summed E-state index contributed by atoms with van der Waals surface area (Å²) in [7, 11) is 0. The van der Waals surface area contributed by atoms with Crippen molar-refractivity contribution < 1.29 is 4.74 Å². The molecule has 0 saturated heterocycles. The van der Waals surface area contributed by atoms with Gasteiger partial charge in [-0.3, -0.25) is 5.41 Å². The monoisotopic (exact) mass is 338 g/mol. The van der Waals surface area contributed by atoms with Gasteiger partial charge in [0.1, 0.15) is 18.2 Å². The standard InChI is InChI=1S/C14H12BrClN2O/c15-11-4-1-9(2-5-11)8-19-13-6-3-10(14(17)18)7-12(13)16/h1-7H,8H2,(H3,17,18). The average Bonchev–Trinajstić information content (AvgIpc) is 2.39. The maximum Gasteiger partial charge on any atom is 0.138 e. The molecule has 0 spiro atoms. The Bertz CT molecular complexity index is 599. The second-order valence-corrected chi connectivity index (χ2v) is 5.30. The highest BCUT2D eigenvalue weighted by Crippen LogP contribution is 2.26. The summed E-state index contributed by atoms with van der Waals surface area (Å²) in [4.78, 5) is 0. The third-order valence-electron chi connectivity index (χ3n) is 2.55. The smallest absolute Gasteiger partial charge is 0.138 e. The van der Waals surface area contributed by atoms with Crippen LogP contribution in [0, 0.1) is 5.41 Å². The van der Waals surface area contributed by atoms with Gasteiger partial charge in [0, 0.05) is 10.0 Å². The minimum atomic E-state index is -0.0126. The number of nitrogens with one attached hydrogen (secondary N) is 1. The van der Waals surface area contributed by atoms with Crippen LogP contribution in [0.25, 0.3) is 0 Å². The Hall–Kier alpha value is -1.52. The molecule has 98 valence electrons. The highest BCUT2D eigenvalue weighted by molar-refractivity contribution is 9.10. The summed E-state index contributed by atoms with van der Waals surface area (Å²) in [5.41, 5.74) is 7.03. The van der Waals surface area contributed by atoms with E-state index in [9.17, 15) is 0 Å². The Morgan fingerprint density at radius 1 is 1.21 bits per heavy atom. The van der Waals surface area contributed by atoms with Crippen LogP contribution in [0.5, 0.6) is 5.75 Å². The normalized spacial score (nSPS) is 10.2. The largest absolute Gasteiger partial charge is 0.487 e. The van der Waals surface area contributed by atoms with Gasteiger partial charge < -0.3 is 10.5 Å². The van der Waals surface area contributed by atoms with Crippen molar-refractivity contribution in [2.24, 2.45) is 5.73 Å². The number of ether oxygens (including phenoxy) is 1. The summed E-state index contributed by atoms with van der Waals surface area (Å²) in [5, 5.41) is 7.78. The lowest BCUT2D eigenvalue weighted by Gasteiger charge is -2.09. The summed E-state index contributed by atoms with van der Waals surface area (Å²) in [5.74, 6) is 0.566. The molecule has 2 aromatic carbocycles. The van der Waals surface area contributed by atoms with Crippen molar-refractivity contribution in [1.29, 1.82) is 5.41 Å². The van der Waals surface area contributed by atoms with Crippen LogP contribution in [0.1, 0.15) is 11.1 Å². The van der Waals surface area contributed by atoms with E-state index in [2.05, 4.69) is 15.9 Å². The van der Waals surface area contributed by atoms with Gasteiger partial charge in [0.15, 0.2) is 0 Å². The van der Waals surface area contributed by atoms with Gasteiger partial charge in [-0.1, -0.05) is 39.7 Å². The van der Waals surface area contributed by atoms with Crippen molar-refractivity contribution >= 4 is 33.4 Å². The molecule has 3 nitrogen and oxygen atoms in total. The molecular weight excluding hydrogens is 328 g/mol. The maximum absolute atomic E-state index is 7.33. The number of benzene rings is 2. The molecule has 0 saturated carbocycles. The van der Waals surface area contributed by atoms with Gasteiger partial charge in [-0.05, 0) is 35.9 Å². The van der Waals surface area contributed by atoms with Crippen LogP contribution in [0.3, 0.4) is 0 Å². The molecule has 0 atom stereocenters. The van der Waals surface area contributed by atoms with E-state index in [1.807, 2.05) is 24.3 Å². The molecule has 19 heavy (non-hydrogen) atoms.